The normalized spacial score (nSPS) is 14.7. The van der Waals surface area contributed by atoms with Gasteiger partial charge in [-0.1, -0.05) is 0 Å². The topological polar surface area (TPSA) is 81.1 Å². The molecule has 2 N–H and O–H groups in total. The number of amides is 2. The van der Waals surface area contributed by atoms with Gasteiger partial charge in [0.25, 0.3) is 0 Å². The standard InChI is InChI=1S/C12H22N2O4/c1-9(2)13(6-3-7-15)12(18)14(8-11(16)17)10-4-5-10/h9-10,15H,3-8H2,1-2H3,(H,16,17). The van der Waals surface area contributed by atoms with E-state index in [4.69, 9.17) is 10.2 Å². The Morgan fingerprint density at radius 3 is 2.33 bits per heavy atom. The number of carboxylic acid groups (broad SMARTS) is 1. The molecule has 0 radical (unpaired) electrons. The maximum absolute atomic E-state index is 12.3. The van der Waals surface area contributed by atoms with Gasteiger partial charge >= 0.3 is 12.0 Å². The van der Waals surface area contributed by atoms with Crippen LogP contribution in [0.15, 0.2) is 0 Å². The first-order chi connectivity index (χ1) is 8.47. The zero-order valence-corrected chi connectivity index (χ0v) is 11.0. The molecule has 0 unspecified atom stereocenters. The second kappa shape index (κ2) is 6.58. The van der Waals surface area contributed by atoms with Gasteiger partial charge in [-0.15, -0.1) is 0 Å². The summed E-state index contributed by atoms with van der Waals surface area (Å²) in [7, 11) is 0. The Morgan fingerprint density at radius 1 is 1.33 bits per heavy atom. The Labute approximate surface area is 107 Å². The van der Waals surface area contributed by atoms with Gasteiger partial charge in [0.05, 0.1) is 0 Å². The van der Waals surface area contributed by atoms with Gasteiger partial charge in [0, 0.05) is 25.2 Å². The third kappa shape index (κ3) is 4.18. The third-order valence-corrected chi connectivity index (χ3v) is 2.97. The Kier molecular flexibility index (Phi) is 5.40. The van der Waals surface area contributed by atoms with Crippen molar-refractivity contribution >= 4 is 12.0 Å². The summed E-state index contributed by atoms with van der Waals surface area (Å²) in [4.78, 5) is 26.2. The molecule has 0 saturated heterocycles. The van der Waals surface area contributed by atoms with Gasteiger partial charge < -0.3 is 20.0 Å². The Bertz CT molecular complexity index is 302. The van der Waals surface area contributed by atoms with E-state index in [2.05, 4.69) is 0 Å². The van der Waals surface area contributed by atoms with E-state index in [0.29, 0.717) is 13.0 Å². The fourth-order valence-corrected chi connectivity index (χ4v) is 1.87. The van der Waals surface area contributed by atoms with Crippen LogP contribution >= 0.6 is 0 Å². The molecule has 1 saturated carbocycles. The molecule has 104 valence electrons. The molecule has 6 nitrogen and oxygen atoms in total. The summed E-state index contributed by atoms with van der Waals surface area (Å²) in [6.07, 6.45) is 2.27. The SMILES string of the molecule is CC(C)N(CCCO)C(=O)N(CC(=O)O)C1CC1. The van der Waals surface area contributed by atoms with Crippen molar-refractivity contribution in [2.45, 2.75) is 45.2 Å². The van der Waals surface area contributed by atoms with Gasteiger partial charge in [0.2, 0.25) is 0 Å². The zero-order chi connectivity index (χ0) is 13.7. The summed E-state index contributed by atoms with van der Waals surface area (Å²) in [6, 6.07) is -0.161. The molecule has 0 aromatic rings. The van der Waals surface area contributed by atoms with Crippen LogP contribution in [0.4, 0.5) is 4.79 Å². The fourth-order valence-electron chi connectivity index (χ4n) is 1.87. The van der Waals surface area contributed by atoms with Gasteiger partial charge in [-0.05, 0) is 33.1 Å². The van der Waals surface area contributed by atoms with Gasteiger partial charge in [-0.2, -0.15) is 0 Å². The highest BCUT2D eigenvalue weighted by Crippen LogP contribution is 2.28. The van der Waals surface area contributed by atoms with Crippen molar-refractivity contribution < 1.29 is 19.8 Å². The van der Waals surface area contributed by atoms with Crippen LogP contribution in [0.3, 0.4) is 0 Å². The van der Waals surface area contributed by atoms with E-state index in [1.165, 1.54) is 4.90 Å². The van der Waals surface area contributed by atoms with E-state index in [1.54, 1.807) is 4.90 Å². The number of rotatable bonds is 7. The third-order valence-electron chi connectivity index (χ3n) is 2.97. The van der Waals surface area contributed by atoms with E-state index in [1.807, 2.05) is 13.8 Å². The Morgan fingerprint density at radius 2 is 1.94 bits per heavy atom. The lowest BCUT2D eigenvalue weighted by molar-refractivity contribution is -0.137. The molecular weight excluding hydrogens is 236 g/mol. The minimum atomic E-state index is -0.985. The Balaban J connectivity index is 2.68. The van der Waals surface area contributed by atoms with Crippen LogP contribution in [-0.4, -0.2) is 63.8 Å². The number of aliphatic carboxylic acids is 1. The lowest BCUT2D eigenvalue weighted by Crippen LogP contribution is -2.49. The quantitative estimate of drug-likeness (QED) is 0.706. The van der Waals surface area contributed by atoms with Crippen LogP contribution < -0.4 is 0 Å². The molecule has 1 rings (SSSR count). The van der Waals surface area contributed by atoms with E-state index < -0.39 is 5.97 Å². The predicted octanol–water partition coefficient (Wildman–Crippen LogP) is 0.748. The average Bonchev–Trinajstić information content (AvgIpc) is 3.09. The first kappa shape index (κ1) is 14.8. The number of urea groups is 1. The molecule has 1 fully saturated rings. The number of aliphatic hydroxyl groups is 1. The van der Waals surface area contributed by atoms with Gasteiger partial charge in [-0.3, -0.25) is 4.79 Å². The number of carbonyl (C=O) groups is 2. The summed E-state index contributed by atoms with van der Waals surface area (Å²) >= 11 is 0. The van der Waals surface area contributed by atoms with Crippen LogP contribution in [0.5, 0.6) is 0 Å². The molecule has 0 atom stereocenters. The van der Waals surface area contributed by atoms with Gasteiger partial charge in [0.15, 0.2) is 0 Å². The molecule has 0 bridgehead atoms. The number of hydrogen-bond donors (Lipinski definition) is 2. The van der Waals surface area contributed by atoms with Gasteiger partial charge in [0.1, 0.15) is 6.54 Å². The van der Waals surface area contributed by atoms with Crippen molar-refractivity contribution in [2.24, 2.45) is 0 Å². The van der Waals surface area contributed by atoms with Crippen LogP contribution in [-0.2, 0) is 4.79 Å². The number of carbonyl (C=O) groups excluding carboxylic acids is 1. The molecule has 0 heterocycles. The van der Waals surface area contributed by atoms with Crippen LogP contribution in [0.1, 0.15) is 33.1 Å². The highest BCUT2D eigenvalue weighted by atomic mass is 16.4. The van der Waals surface area contributed by atoms with Crippen molar-refractivity contribution in [3.63, 3.8) is 0 Å². The molecule has 1 aliphatic rings. The number of nitrogens with zero attached hydrogens (tertiary/aromatic N) is 2. The second-order valence-electron chi connectivity index (χ2n) is 4.90. The molecular formula is C12H22N2O4. The first-order valence-electron chi connectivity index (χ1n) is 6.37. The number of aliphatic hydroxyl groups excluding tert-OH is 1. The maximum Gasteiger partial charge on any atom is 0.323 e. The minimum absolute atomic E-state index is 0.000838. The summed E-state index contributed by atoms with van der Waals surface area (Å²) in [5, 5.41) is 17.7. The largest absolute Gasteiger partial charge is 0.480 e. The second-order valence-corrected chi connectivity index (χ2v) is 4.90. The summed E-state index contributed by atoms with van der Waals surface area (Å²) in [5.41, 5.74) is 0. The summed E-state index contributed by atoms with van der Waals surface area (Å²) < 4.78 is 0. The average molecular weight is 258 g/mol. The number of carboxylic acids is 1. The molecule has 0 aromatic heterocycles. The lowest BCUT2D eigenvalue weighted by atomic mass is 10.3. The van der Waals surface area contributed by atoms with Crippen LogP contribution in [0.2, 0.25) is 0 Å². The zero-order valence-electron chi connectivity index (χ0n) is 11.0. The van der Waals surface area contributed by atoms with Crippen molar-refractivity contribution in [2.75, 3.05) is 19.7 Å². The maximum atomic E-state index is 12.3. The predicted molar refractivity (Wildman–Crippen MR) is 66.3 cm³/mol. The molecule has 2 amide bonds. The molecule has 1 aliphatic carbocycles. The molecule has 18 heavy (non-hydrogen) atoms. The highest BCUT2D eigenvalue weighted by Gasteiger charge is 2.36. The number of hydrogen-bond acceptors (Lipinski definition) is 3. The first-order valence-corrected chi connectivity index (χ1v) is 6.37. The van der Waals surface area contributed by atoms with E-state index in [9.17, 15) is 9.59 Å². The smallest absolute Gasteiger partial charge is 0.323 e. The van der Waals surface area contributed by atoms with Crippen molar-refractivity contribution in [1.29, 1.82) is 0 Å². The van der Waals surface area contributed by atoms with Crippen molar-refractivity contribution in [3.8, 4) is 0 Å². The van der Waals surface area contributed by atoms with Crippen LogP contribution in [0, 0.1) is 0 Å². The molecule has 0 aliphatic heterocycles. The van der Waals surface area contributed by atoms with Crippen LogP contribution in [0.25, 0.3) is 0 Å². The van der Waals surface area contributed by atoms with Crippen molar-refractivity contribution in [3.05, 3.63) is 0 Å². The summed E-state index contributed by atoms with van der Waals surface area (Å²) in [5.74, 6) is -0.985. The van der Waals surface area contributed by atoms with Gasteiger partial charge in [-0.25, -0.2) is 4.79 Å². The lowest BCUT2D eigenvalue weighted by Gasteiger charge is -2.32. The minimum Gasteiger partial charge on any atom is -0.480 e. The Hall–Kier alpha value is -1.30. The van der Waals surface area contributed by atoms with E-state index in [-0.39, 0.29) is 31.3 Å². The van der Waals surface area contributed by atoms with E-state index >= 15 is 0 Å². The molecule has 0 spiro atoms. The van der Waals surface area contributed by atoms with Crippen molar-refractivity contribution in [1.82, 2.24) is 9.80 Å². The van der Waals surface area contributed by atoms with E-state index in [0.717, 1.165) is 12.8 Å². The molecule has 0 aromatic carbocycles. The molecule has 6 heteroatoms. The summed E-state index contributed by atoms with van der Waals surface area (Å²) in [6.45, 7) is 4.02. The monoisotopic (exact) mass is 258 g/mol. The highest BCUT2D eigenvalue weighted by molar-refractivity contribution is 5.81. The fraction of sp³-hybridized carbons (Fsp3) is 0.833.